The van der Waals surface area contributed by atoms with Gasteiger partial charge in [-0.1, -0.05) is 60.2 Å². The summed E-state index contributed by atoms with van der Waals surface area (Å²) in [6, 6.07) is 14.1. The molecular weight excluding hydrogens is 484 g/mol. The SMILES string of the molecule is CCCOc1ccc(C=c2sc3n(c2=O)C(c2ccccc2Cl)C(C(=O)OC(C)C)=C(C)N=3)cc1. The van der Waals surface area contributed by atoms with Crippen LogP contribution in [0.5, 0.6) is 5.75 Å². The van der Waals surface area contributed by atoms with Gasteiger partial charge in [-0.3, -0.25) is 9.36 Å². The third kappa shape index (κ3) is 5.26. The number of carbonyl (C=O) groups excluding carboxylic acids is 1. The van der Waals surface area contributed by atoms with Gasteiger partial charge in [0, 0.05) is 5.02 Å². The number of benzene rings is 2. The van der Waals surface area contributed by atoms with E-state index in [2.05, 4.69) is 11.9 Å². The molecule has 0 bridgehead atoms. The van der Waals surface area contributed by atoms with Crippen molar-refractivity contribution in [2.24, 2.45) is 4.99 Å². The molecule has 1 atom stereocenters. The number of halogens is 1. The fourth-order valence-electron chi connectivity index (χ4n) is 3.88. The van der Waals surface area contributed by atoms with Crippen LogP contribution in [-0.2, 0) is 9.53 Å². The van der Waals surface area contributed by atoms with E-state index >= 15 is 0 Å². The molecule has 35 heavy (non-hydrogen) atoms. The molecule has 0 amide bonds. The third-order valence-corrected chi connectivity index (χ3v) is 6.76. The van der Waals surface area contributed by atoms with Gasteiger partial charge in [-0.15, -0.1) is 0 Å². The Bertz CT molecular complexity index is 1450. The Morgan fingerprint density at radius 1 is 1.20 bits per heavy atom. The Balaban J connectivity index is 1.85. The van der Waals surface area contributed by atoms with Crippen LogP contribution in [0.25, 0.3) is 6.08 Å². The highest BCUT2D eigenvalue weighted by atomic mass is 35.5. The smallest absolute Gasteiger partial charge is 0.338 e. The van der Waals surface area contributed by atoms with Gasteiger partial charge in [0.15, 0.2) is 4.80 Å². The zero-order chi connectivity index (χ0) is 25.1. The highest BCUT2D eigenvalue weighted by Gasteiger charge is 2.34. The molecule has 2 heterocycles. The summed E-state index contributed by atoms with van der Waals surface area (Å²) in [5, 5.41) is 0.458. The molecule has 0 saturated heterocycles. The molecule has 1 aliphatic heterocycles. The van der Waals surface area contributed by atoms with Crippen molar-refractivity contribution < 1.29 is 14.3 Å². The van der Waals surface area contributed by atoms with Crippen LogP contribution >= 0.6 is 22.9 Å². The molecule has 4 rings (SSSR count). The lowest BCUT2D eigenvalue weighted by Gasteiger charge is -2.26. The summed E-state index contributed by atoms with van der Waals surface area (Å²) in [5.74, 6) is 0.274. The van der Waals surface area contributed by atoms with Gasteiger partial charge in [0.1, 0.15) is 11.8 Å². The fraction of sp³-hybridized carbons (Fsp3) is 0.296. The summed E-state index contributed by atoms with van der Waals surface area (Å²) >= 11 is 7.83. The number of nitrogens with zero attached hydrogens (tertiary/aromatic N) is 2. The number of hydrogen-bond donors (Lipinski definition) is 0. The van der Waals surface area contributed by atoms with E-state index in [1.54, 1.807) is 31.4 Å². The number of rotatable bonds is 7. The maximum absolute atomic E-state index is 13.7. The Hall–Kier alpha value is -3.16. The first kappa shape index (κ1) is 24.9. The monoisotopic (exact) mass is 510 g/mol. The number of thiazole rings is 1. The van der Waals surface area contributed by atoms with Crippen LogP contribution in [-0.4, -0.2) is 23.2 Å². The van der Waals surface area contributed by atoms with Gasteiger partial charge in [-0.2, -0.15) is 0 Å². The summed E-state index contributed by atoms with van der Waals surface area (Å²) in [6.45, 7) is 8.03. The van der Waals surface area contributed by atoms with Crippen LogP contribution < -0.4 is 19.6 Å². The van der Waals surface area contributed by atoms with Gasteiger partial charge in [0.05, 0.1) is 28.5 Å². The lowest BCUT2D eigenvalue weighted by Crippen LogP contribution is -2.40. The van der Waals surface area contributed by atoms with Gasteiger partial charge in [-0.05, 0) is 62.6 Å². The molecule has 1 aromatic heterocycles. The minimum absolute atomic E-state index is 0.243. The van der Waals surface area contributed by atoms with Gasteiger partial charge in [0.25, 0.3) is 5.56 Å². The van der Waals surface area contributed by atoms with E-state index in [0.29, 0.717) is 37.8 Å². The zero-order valence-corrected chi connectivity index (χ0v) is 21.7. The second kappa shape index (κ2) is 10.6. The minimum atomic E-state index is -0.738. The van der Waals surface area contributed by atoms with Gasteiger partial charge >= 0.3 is 5.97 Å². The molecule has 1 unspecified atom stereocenters. The van der Waals surface area contributed by atoms with Crippen molar-refractivity contribution in [3.05, 3.63) is 95.6 Å². The molecule has 3 aromatic rings. The molecule has 1 aliphatic rings. The van der Waals surface area contributed by atoms with Crippen LogP contribution in [0.1, 0.15) is 51.3 Å². The molecule has 0 spiro atoms. The molecule has 0 saturated carbocycles. The normalized spacial score (nSPS) is 15.7. The third-order valence-electron chi connectivity index (χ3n) is 5.43. The van der Waals surface area contributed by atoms with E-state index in [1.807, 2.05) is 48.5 Å². The number of fused-ring (bicyclic) bond motifs is 1. The Kier molecular flexibility index (Phi) is 7.57. The lowest BCUT2D eigenvalue weighted by atomic mass is 9.96. The van der Waals surface area contributed by atoms with E-state index in [9.17, 15) is 9.59 Å². The molecular formula is C27H27ClN2O4S. The maximum atomic E-state index is 13.7. The zero-order valence-electron chi connectivity index (χ0n) is 20.1. The summed E-state index contributed by atoms with van der Waals surface area (Å²) in [5.41, 5.74) is 2.08. The number of ether oxygens (including phenoxy) is 2. The molecule has 2 aromatic carbocycles. The topological polar surface area (TPSA) is 69.9 Å². The van der Waals surface area contributed by atoms with Crippen LogP contribution in [0.2, 0.25) is 5.02 Å². The second-order valence-corrected chi connectivity index (χ2v) is 9.89. The van der Waals surface area contributed by atoms with Crippen molar-refractivity contribution in [2.45, 2.75) is 46.3 Å². The summed E-state index contributed by atoms with van der Waals surface area (Å²) < 4.78 is 13.2. The largest absolute Gasteiger partial charge is 0.494 e. The van der Waals surface area contributed by atoms with Crippen molar-refractivity contribution in [1.29, 1.82) is 0 Å². The van der Waals surface area contributed by atoms with E-state index < -0.39 is 12.0 Å². The van der Waals surface area contributed by atoms with E-state index in [1.165, 1.54) is 11.3 Å². The van der Waals surface area contributed by atoms with Gasteiger partial charge < -0.3 is 9.47 Å². The van der Waals surface area contributed by atoms with Crippen molar-refractivity contribution in [3.8, 4) is 5.75 Å². The second-order valence-electron chi connectivity index (χ2n) is 8.47. The molecule has 0 radical (unpaired) electrons. The first-order valence-corrected chi connectivity index (χ1v) is 12.7. The average molecular weight is 511 g/mol. The van der Waals surface area contributed by atoms with Crippen molar-refractivity contribution >= 4 is 35.0 Å². The fourth-order valence-corrected chi connectivity index (χ4v) is 5.17. The van der Waals surface area contributed by atoms with Crippen molar-refractivity contribution in [3.63, 3.8) is 0 Å². The van der Waals surface area contributed by atoms with Crippen LogP contribution in [0.3, 0.4) is 0 Å². The van der Waals surface area contributed by atoms with Crippen LogP contribution in [0, 0.1) is 0 Å². The highest BCUT2D eigenvalue weighted by Crippen LogP contribution is 2.34. The van der Waals surface area contributed by atoms with Gasteiger partial charge in [0.2, 0.25) is 0 Å². The number of esters is 1. The summed E-state index contributed by atoms with van der Waals surface area (Å²) in [7, 11) is 0. The molecule has 8 heteroatoms. The quantitative estimate of drug-likeness (QED) is 0.434. The van der Waals surface area contributed by atoms with Crippen molar-refractivity contribution in [2.75, 3.05) is 6.61 Å². The molecule has 0 fully saturated rings. The number of carbonyl (C=O) groups is 1. The molecule has 0 aliphatic carbocycles. The predicted octanol–water partition coefficient (Wildman–Crippen LogP) is 4.63. The van der Waals surface area contributed by atoms with Crippen LogP contribution in [0.15, 0.2) is 69.6 Å². The maximum Gasteiger partial charge on any atom is 0.338 e. The molecule has 0 N–H and O–H groups in total. The highest BCUT2D eigenvalue weighted by molar-refractivity contribution is 7.07. The number of allylic oxidation sites excluding steroid dienone is 1. The Morgan fingerprint density at radius 2 is 1.91 bits per heavy atom. The molecule has 6 nitrogen and oxygen atoms in total. The summed E-state index contributed by atoms with van der Waals surface area (Å²) in [6.07, 6.45) is 2.44. The standard InChI is InChI=1S/C27H27ClN2O4S/c1-5-14-33-19-12-10-18(11-13-19)15-22-25(31)30-24(20-8-6-7-9-21(20)28)23(26(32)34-16(2)3)17(4)29-27(30)35-22/h6-13,15-16,24H,5,14H2,1-4H3. The van der Waals surface area contributed by atoms with Crippen LogP contribution in [0.4, 0.5) is 0 Å². The average Bonchev–Trinajstić information content (AvgIpc) is 3.12. The predicted molar refractivity (Wildman–Crippen MR) is 139 cm³/mol. The Morgan fingerprint density at radius 3 is 2.57 bits per heavy atom. The first-order chi connectivity index (χ1) is 16.8. The van der Waals surface area contributed by atoms with E-state index in [-0.39, 0.29) is 11.7 Å². The number of hydrogen-bond acceptors (Lipinski definition) is 6. The number of aromatic nitrogens is 1. The first-order valence-electron chi connectivity index (χ1n) is 11.5. The molecule has 182 valence electrons. The minimum Gasteiger partial charge on any atom is -0.494 e. The van der Waals surface area contributed by atoms with E-state index in [0.717, 1.165) is 17.7 Å². The summed E-state index contributed by atoms with van der Waals surface area (Å²) in [4.78, 5) is 31.9. The van der Waals surface area contributed by atoms with E-state index in [4.69, 9.17) is 21.1 Å². The lowest BCUT2D eigenvalue weighted by molar-refractivity contribution is -0.143. The van der Waals surface area contributed by atoms with Gasteiger partial charge in [-0.25, -0.2) is 9.79 Å². The van der Waals surface area contributed by atoms with Crippen molar-refractivity contribution in [1.82, 2.24) is 4.57 Å². The Labute approximate surface area is 212 Å².